The van der Waals surface area contributed by atoms with E-state index < -0.39 is 5.60 Å². The number of fused-ring (bicyclic) bond motifs is 4. The van der Waals surface area contributed by atoms with Crippen LogP contribution in [0.4, 0.5) is 22.2 Å². The maximum absolute atomic E-state index is 13.0. The summed E-state index contributed by atoms with van der Waals surface area (Å²) in [6, 6.07) is 10.0. The number of amides is 1. The van der Waals surface area contributed by atoms with Gasteiger partial charge in [-0.05, 0) is 45.7 Å². The minimum atomic E-state index is -0.521. The van der Waals surface area contributed by atoms with Gasteiger partial charge in [-0.25, -0.2) is 9.78 Å². The molecule has 4 rings (SSSR count). The standard InChI is InChI=1S/C22H29N5O2/c1-22(2,3)29-21(28)27-15-11-12-17(27)18-16(13-15)24-20(26(4)5)25-19(18)23-14-9-7-6-8-10-14/h6-10,15,17H,11-13H2,1-5H3,(H,23,24,25)/t15-,17-/m1/s1. The van der Waals surface area contributed by atoms with Crippen LogP contribution in [-0.4, -0.2) is 46.7 Å². The number of para-hydroxylation sites is 1. The first-order valence-corrected chi connectivity index (χ1v) is 10.1. The van der Waals surface area contributed by atoms with Crippen LogP contribution in [0.5, 0.6) is 0 Å². The fraction of sp³-hybridized carbons (Fsp3) is 0.500. The van der Waals surface area contributed by atoms with E-state index in [1.807, 2.05) is 75.0 Å². The molecule has 2 aliphatic heterocycles. The smallest absolute Gasteiger partial charge is 0.411 e. The number of nitrogens with zero attached hydrogens (tertiary/aromatic N) is 4. The molecule has 1 amide bonds. The Bertz CT molecular complexity index is 907. The van der Waals surface area contributed by atoms with Crippen molar-refractivity contribution in [2.24, 2.45) is 0 Å². The van der Waals surface area contributed by atoms with Crippen molar-refractivity contribution in [3.05, 3.63) is 41.6 Å². The SMILES string of the molecule is CN(C)c1nc2c(c(Nc3ccccc3)n1)[C@H]1CC[C@H](C2)N1C(=O)OC(C)(C)C. The third kappa shape index (κ3) is 3.86. The number of hydrogen-bond donors (Lipinski definition) is 1. The van der Waals surface area contributed by atoms with Crippen LogP contribution in [-0.2, 0) is 11.2 Å². The number of benzene rings is 1. The predicted molar refractivity (Wildman–Crippen MR) is 114 cm³/mol. The number of hydrogen-bond acceptors (Lipinski definition) is 6. The van der Waals surface area contributed by atoms with Crippen LogP contribution in [0.1, 0.15) is 50.9 Å². The van der Waals surface area contributed by atoms with Crippen LogP contribution in [0.3, 0.4) is 0 Å². The summed E-state index contributed by atoms with van der Waals surface area (Å²) < 4.78 is 5.71. The van der Waals surface area contributed by atoms with Crippen LogP contribution >= 0.6 is 0 Å². The summed E-state index contributed by atoms with van der Waals surface area (Å²) in [6.45, 7) is 5.71. The normalized spacial score (nSPS) is 20.2. The van der Waals surface area contributed by atoms with Crippen molar-refractivity contribution in [1.82, 2.24) is 14.9 Å². The molecule has 0 spiro atoms. The highest BCUT2D eigenvalue weighted by atomic mass is 16.6. The van der Waals surface area contributed by atoms with Gasteiger partial charge in [-0.1, -0.05) is 18.2 Å². The largest absolute Gasteiger partial charge is 0.444 e. The molecule has 2 bridgehead atoms. The number of carbonyl (C=O) groups excluding carboxylic acids is 1. The molecule has 29 heavy (non-hydrogen) atoms. The summed E-state index contributed by atoms with van der Waals surface area (Å²) in [4.78, 5) is 26.4. The van der Waals surface area contributed by atoms with E-state index in [0.717, 1.165) is 42.0 Å². The monoisotopic (exact) mass is 395 g/mol. The summed E-state index contributed by atoms with van der Waals surface area (Å²) in [5.74, 6) is 1.44. The molecule has 0 saturated carbocycles. The van der Waals surface area contributed by atoms with E-state index in [2.05, 4.69) is 5.32 Å². The van der Waals surface area contributed by atoms with Crippen LogP contribution in [0, 0.1) is 0 Å². The number of rotatable bonds is 3. The van der Waals surface area contributed by atoms with E-state index >= 15 is 0 Å². The van der Waals surface area contributed by atoms with Gasteiger partial charge in [0, 0.05) is 37.8 Å². The average Bonchev–Trinajstić information content (AvgIpc) is 2.95. The van der Waals surface area contributed by atoms with Crippen molar-refractivity contribution in [2.45, 2.75) is 57.7 Å². The fourth-order valence-corrected chi connectivity index (χ4v) is 4.14. The van der Waals surface area contributed by atoms with E-state index in [1.54, 1.807) is 0 Å². The molecule has 2 aliphatic rings. The number of anilines is 3. The van der Waals surface area contributed by atoms with Crippen molar-refractivity contribution < 1.29 is 9.53 Å². The lowest BCUT2D eigenvalue weighted by Gasteiger charge is -2.37. The van der Waals surface area contributed by atoms with Gasteiger partial charge in [-0.3, -0.25) is 4.90 Å². The first-order valence-electron chi connectivity index (χ1n) is 10.1. The number of nitrogens with one attached hydrogen (secondary N) is 1. The van der Waals surface area contributed by atoms with Gasteiger partial charge in [0.1, 0.15) is 11.4 Å². The summed E-state index contributed by atoms with van der Waals surface area (Å²) in [5, 5.41) is 3.46. The van der Waals surface area contributed by atoms with Gasteiger partial charge in [0.15, 0.2) is 0 Å². The van der Waals surface area contributed by atoms with E-state index in [9.17, 15) is 4.79 Å². The molecule has 1 saturated heterocycles. The number of ether oxygens (including phenoxy) is 1. The second-order valence-corrected chi connectivity index (χ2v) is 8.96. The number of aromatic nitrogens is 2. The Morgan fingerprint density at radius 1 is 1.17 bits per heavy atom. The quantitative estimate of drug-likeness (QED) is 0.836. The van der Waals surface area contributed by atoms with Gasteiger partial charge in [0.05, 0.1) is 11.7 Å². The zero-order chi connectivity index (χ0) is 20.8. The van der Waals surface area contributed by atoms with Crippen LogP contribution in [0.25, 0.3) is 0 Å². The van der Waals surface area contributed by atoms with Crippen molar-refractivity contribution >= 4 is 23.5 Å². The summed E-state index contributed by atoms with van der Waals surface area (Å²) in [5.41, 5.74) is 2.48. The molecule has 1 N–H and O–H groups in total. The Morgan fingerprint density at radius 3 is 2.55 bits per heavy atom. The van der Waals surface area contributed by atoms with Gasteiger partial charge in [0.25, 0.3) is 0 Å². The molecule has 1 aromatic carbocycles. The van der Waals surface area contributed by atoms with Gasteiger partial charge in [0.2, 0.25) is 5.95 Å². The lowest BCUT2D eigenvalue weighted by molar-refractivity contribution is 0.0123. The maximum atomic E-state index is 13.0. The van der Waals surface area contributed by atoms with Gasteiger partial charge < -0.3 is 15.0 Å². The predicted octanol–water partition coefficient (Wildman–Crippen LogP) is 4.28. The van der Waals surface area contributed by atoms with Crippen LogP contribution in [0.15, 0.2) is 30.3 Å². The maximum Gasteiger partial charge on any atom is 0.411 e. The van der Waals surface area contributed by atoms with Crippen molar-refractivity contribution in [3.8, 4) is 0 Å². The molecule has 3 heterocycles. The third-order valence-electron chi connectivity index (χ3n) is 5.32. The zero-order valence-electron chi connectivity index (χ0n) is 17.8. The highest BCUT2D eigenvalue weighted by Crippen LogP contribution is 2.47. The first-order chi connectivity index (χ1) is 13.7. The Hall–Kier alpha value is -2.83. The molecule has 0 radical (unpaired) electrons. The molecule has 1 aromatic heterocycles. The minimum Gasteiger partial charge on any atom is -0.444 e. The Kier molecular flexibility index (Phi) is 4.84. The second-order valence-electron chi connectivity index (χ2n) is 8.96. The average molecular weight is 396 g/mol. The lowest BCUT2D eigenvalue weighted by atomic mass is 9.98. The molecule has 0 unspecified atom stereocenters. The minimum absolute atomic E-state index is 0.0685. The second kappa shape index (κ2) is 7.21. The van der Waals surface area contributed by atoms with Crippen LogP contribution < -0.4 is 10.2 Å². The highest BCUT2D eigenvalue weighted by Gasteiger charge is 2.46. The van der Waals surface area contributed by atoms with Gasteiger partial charge in [-0.15, -0.1) is 0 Å². The molecule has 0 aliphatic carbocycles. The van der Waals surface area contributed by atoms with Crippen molar-refractivity contribution in [2.75, 3.05) is 24.3 Å². The van der Waals surface area contributed by atoms with E-state index in [0.29, 0.717) is 5.95 Å². The van der Waals surface area contributed by atoms with Crippen LogP contribution in [0.2, 0.25) is 0 Å². The van der Waals surface area contributed by atoms with E-state index in [-0.39, 0.29) is 18.2 Å². The molecular weight excluding hydrogens is 366 g/mol. The van der Waals surface area contributed by atoms with E-state index in [4.69, 9.17) is 14.7 Å². The molecule has 2 atom stereocenters. The third-order valence-corrected chi connectivity index (χ3v) is 5.32. The summed E-state index contributed by atoms with van der Waals surface area (Å²) >= 11 is 0. The molecule has 2 aromatic rings. The lowest BCUT2D eigenvalue weighted by Crippen LogP contribution is -2.45. The molecule has 7 heteroatoms. The number of carbonyl (C=O) groups is 1. The Labute approximate surface area is 172 Å². The van der Waals surface area contributed by atoms with E-state index in [1.165, 1.54) is 0 Å². The molecule has 154 valence electrons. The summed E-state index contributed by atoms with van der Waals surface area (Å²) in [7, 11) is 3.89. The van der Waals surface area contributed by atoms with Crippen molar-refractivity contribution in [3.63, 3.8) is 0 Å². The molecule has 7 nitrogen and oxygen atoms in total. The zero-order valence-corrected chi connectivity index (χ0v) is 17.8. The van der Waals surface area contributed by atoms with Crippen molar-refractivity contribution in [1.29, 1.82) is 0 Å². The van der Waals surface area contributed by atoms with Gasteiger partial charge in [-0.2, -0.15) is 4.98 Å². The Morgan fingerprint density at radius 2 is 1.90 bits per heavy atom. The fourth-order valence-electron chi connectivity index (χ4n) is 4.14. The molecular formula is C22H29N5O2. The topological polar surface area (TPSA) is 70.6 Å². The Balaban J connectivity index is 1.75. The van der Waals surface area contributed by atoms with Gasteiger partial charge >= 0.3 is 6.09 Å². The molecule has 1 fully saturated rings. The summed E-state index contributed by atoms with van der Waals surface area (Å²) in [6.07, 6.45) is 2.31. The highest BCUT2D eigenvalue weighted by molar-refractivity contribution is 5.72. The first kappa shape index (κ1) is 19.5.